The van der Waals surface area contributed by atoms with Gasteiger partial charge in [-0.2, -0.15) is 0 Å². The normalized spacial score (nSPS) is 41.4. The molecule has 0 aromatic rings. The van der Waals surface area contributed by atoms with Crippen molar-refractivity contribution in [3.8, 4) is 0 Å². The fourth-order valence-corrected chi connectivity index (χ4v) is 8.14. The highest BCUT2D eigenvalue weighted by Gasteiger charge is 2.61. The molecule has 4 rings (SSSR count). The van der Waals surface area contributed by atoms with Crippen LogP contribution < -0.4 is 0 Å². The zero-order valence-electron chi connectivity index (χ0n) is 19.3. The van der Waals surface area contributed by atoms with Gasteiger partial charge in [0.15, 0.2) is 17.3 Å². The fourth-order valence-electron chi connectivity index (χ4n) is 8.14. The lowest BCUT2D eigenvalue weighted by Crippen LogP contribution is -2.53. The van der Waals surface area contributed by atoms with Crippen molar-refractivity contribution in [2.45, 2.75) is 85.5 Å². The molecular weight excluding hydrogens is 372 g/mol. The second-order valence-corrected chi connectivity index (χ2v) is 11.4. The average molecular weight is 411 g/mol. The number of ketones is 3. The second-order valence-electron chi connectivity index (χ2n) is 11.4. The Morgan fingerprint density at radius 3 is 2.60 bits per heavy atom. The number of hydrogen-bond acceptors (Lipinski definition) is 3. The van der Waals surface area contributed by atoms with Crippen LogP contribution in [0.4, 0.5) is 0 Å². The quantitative estimate of drug-likeness (QED) is 0.532. The Morgan fingerprint density at radius 1 is 1.17 bits per heavy atom. The number of rotatable bonds is 5. The standard InChI is InChI=1S/C27H38O3/c1-16(2)24(29)9-6-17(3)20-7-8-21-19-15-25(30)23-14-18(28)10-12-27(23,5)22(19)11-13-26(20,21)4/h14,17,19-22H,1,6-13,15H2,2-5H3/t17-,19?,20?,21?,22?,26-,27-/m1/s1. The van der Waals surface area contributed by atoms with Crippen LogP contribution in [0.15, 0.2) is 23.8 Å². The molecule has 4 unspecified atom stereocenters. The first kappa shape index (κ1) is 21.7. The molecule has 0 spiro atoms. The van der Waals surface area contributed by atoms with Gasteiger partial charge in [-0.1, -0.05) is 27.4 Å². The number of Topliss-reactive ketones (excluding diaryl/α,β-unsaturated/α-hetero) is 2. The molecule has 4 aliphatic rings. The lowest BCUT2D eigenvalue weighted by atomic mass is 9.46. The topological polar surface area (TPSA) is 51.2 Å². The van der Waals surface area contributed by atoms with Gasteiger partial charge in [0.05, 0.1) is 0 Å². The van der Waals surface area contributed by atoms with E-state index < -0.39 is 0 Å². The van der Waals surface area contributed by atoms with Crippen molar-refractivity contribution in [3.05, 3.63) is 23.8 Å². The molecule has 164 valence electrons. The van der Waals surface area contributed by atoms with Gasteiger partial charge in [-0.25, -0.2) is 0 Å². The third-order valence-electron chi connectivity index (χ3n) is 9.85. The van der Waals surface area contributed by atoms with Crippen LogP contribution in [0, 0.1) is 40.4 Å². The van der Waals surface area contributed by atoms with Crippen molar-refractivity contribution >= 4 is 17.3 Å². The van der Waals surface area contributed by atoms with Gasteiger partial charge in [-0.05, 0) is 97.5 Å². The van der Waals surface area contributed by atoms with Crippen molar-refractivity contribution in [2.75, 3.05) is 0 Å². The molecule has 0 aromatic heterocycles. The minimum Gasteiger partial charge on any atom is -0.295 e. The molecule has 30 heavy (non-hydrogen) atoms. The molecule has 3 nitrogen and oxygen atoms in total. The van der Waals surface area contributed by atoms with Crippen molar-refractivity contribution < 1.29 is 14.4 Å². The number of fused-ring (bicyclic) bond motifs is 5. The number of hydrogen-bond donors (Lipinski definition) is 0. The number of allylic oxidation sites excluding steroid dienone is 2. The molecule has 0 aliphatic heterocycles. The van der Waals surface area contributed by atoms with E-state index in [1.807, 2.05) is 6.92 Å². The molecule has 0 bridgehead atoms. The van der Waals surface area contributed by atoms with E-state index in [-0.39, 0.29) is 28.2 Å². The summed E-state index contributed by atoms with van der Waals surface area (Å²) in [6.07, 6.45) is 10.1. The summed E-state index contributed by atoms with van der Waals surface area (Å²) >= 11 is 0. The van der Waals surface area contributed by atoms with Crippen molar-refractivity contribution in [1.29, 1.82) is 0 Å². The monoisotopic (exact) mass is 410 g/mol. The number of carbonyl (C=O) groups is 3. The molecule has 0 amide bonds. The van der Waals surface area contributed by atoms with Gasteiger partial charge in [0, 0.05) is 24.8 Å². The van der Waals surface area contributed by atoms with Gasteiger partial charge < -0.3 is 0 Å². The Bertz CT molecular complexity index is 820. The van der Waals surface area contributed by atoms with Gasteiger partial charge in [-0.15, -0.1) is 0 Å². The molecule has 0 radical (unpaired) electrons. The summed E-state index contributed by atoms with van der Waals surface area (Å²) in [5, 5.41) is 0. The smallest absolute Gasteiger partial charge is 0.159 e. The lowest BCUT2D eigenvalue weighted by Gasteiger charge is -2.57. The van der Waals surface area contributed by atoms with Crippen LogP contribution in [-0.2, 0) is 14.4 Å². The Morgan fingerprint density at radius 2 is 1.90 bits per heavy atom. The van der Waals surface area contributed by atoms with Crippen LogP contribution >= 0.6 is 0 Å². The summed E-state index contributed by atoms with van der Waals surface area (Å²) < 4.78 is 0. The highest BCUT2D eigenvalue weighted by atomic mass is 16.1. The van der Waals surface area contributed by atoms with Gasteiger partial charge in [0.25, 0.3) is 0 Å². The second kappa shape index (κ2) is 7.57. The van der Waals surface area contributed by atoms with E-state index in [2.05, 4.69) is 27.4 Å². The van der Waals surface area contributed by atoms with E-state index in [4.69, 9.17) is 0 Å². The molecule has 7 atom stereocenters. The maximum absolute atomic E-state index is 13.1. The minimum absolute atomic E-state index is 0.104. The van der Waals surface area contributed by atoms with E-state index in [9.17, 15) is 14.4 Å². The predicted octanol–water partition coefficient (Wildman–Crippen LogP) is 5.88. The van der Waals surface area contributed by atoms with Crippen molar-refractivity contribution in [1.82, 2.24) is 0 Å². The molecule has 0 heterocycles. The van der Waals surface area contributed by atoms with Gasteiger partial charge in [0.1, 0.15) is 0 Å². The van der Waals surface area contributed by atoms with Gasteiger partial charge in [-0.3, -0.25) is 14.4 Å². The summed E-state index contributed by atoms with van der Waals surface area (Å²) in [5.41, 5.74) is 1.68. The van der Waals surface area contributed by atoms with E-state index >= 15 is 0 Å². The maximum atomic E-state index is 13.1. The van der Waals surface area contributed by atoms with Gasteiger partial charge >= 0.3 is 0 Å². The summed E-state index contributed by atoms with van der Waals surface area (Å²) in [5.74, 6) is 3.32. The molecular formula is C27H38O3. The zero-order chi connectivity index (χ0) is 21.8. The Labute approximate surface area is 181 Å². The Kier molecular flexibility index (Phi) is 5.48. The summed E-state index contributed by atoms with van der Waals surface area (Å²) in [6.45, 7) is 12.7. The minimum atomic E-state index is -0.104. The van der Waals surface area contributed by atoms with Crippen molar-refractivity contribution in [3.63, 3.8) is 0 Å². The lowest BCUT2D eigenvalue weighted by molar-refractivity contribution is -0.131. The van der Waals surface area contributed by atoms with Crippen LogP contribution in [0.1, 0.15) is 85.5 Å². The molecule has 4 aliphatic carbocycles. The van der Waals surface area contributed by atoms with Crippen molar-refractivity contribution in [2.24, 2.45) is 40.4 Å². The third-order valence-corrected chi connectivity index (χ3v) is 9.85. The average Bonchev–Trinajstić information content (AvgIpc) is 3.04. The van der Waals surface area contributed by atoms with E-state index in [1.54, 1.807) is 6.08 Å². The first-order valence-electron chi connectivity index (χ1n) is 12.0. The third kappa shape index (κ3) is 3.28. The van der Waals surface area contributed by atoms with Crippen LogP contribution in [0.3, 0.4) is 0 Å². The molecule has 3 saturated carbocycles. The van der Waals surface area contributed by atoms with Crippen LogP contribution in [0.2, 0.25) is 0 Å². The first-order valence-corrected chi connectivity index (χ1v) is 12.0. The van der Waals surface area contributed by atoms with Crippen LogP contribution in [-0.4, -0.2) is 17.3 Å². The Balaban J connectivity index is 1.54. The molecule has 0 N–H and O–H groups in total. The van der Waals surface area contributed by atoms with E-state index in [0.29, 0.717) is 54.4 Å². The van der Waals surface area contributed by atoms with Crippen LogP contribution in [0.5, 0.6) is 0 Å². The molecule has 3 heteroatoms. The predicted molar refractivity (Wildman–Crippen MR) is 119 cm³/mol. The largest absolute Gasteiger partial charge is 0.295 e. The molecule has 0 aromatic carbocycles. The summed E-state index contributed by atoms with van der Waals surface area (Å²) in [6, 6.07) is 0. The fraction of sp³-hybridized carbons (Fsp3) is 0.741. The van der Waals surface area contributed by atoms with E-state index in [1.165, 1.54) is 25.7 Å². The van der Waals surface area contributed by atoms with Crippen LogP contribution in [0.25, 0.3) is 0 Å². The van der Waals surface area contributed by atoms with Gasteiger partial charge in [0.2, 0.25) is 0 Å². The molecule has 3 fully saturated rings. The molecule has 0 saturated heterocycles. The zero-order valence-corrected chi connectivity index (χ0v) is 19.3. The maximum Gasteiger partial charge on any atom is 0.159 e. The first-order chi connectivity index (χ1) is 14.1. The highest BCUT2D eigenvalue weighted by Crippen LogP contribution is 2.67. The highest BCUT2D eigenvalue weighted by molar-refractivity contribution is 6.05. The Hall–Kier alpha value is -1.51. The van der Waals surface area contributed by atoms with E-state index in [0.717, 1.165) is 18.4 Å². The summed E-state index contributed by atoms with van der Waals surface area (Å²) in [4.78, 5) is 37.2. The SMILES string of the molecule is C=C(C)C(=O)CC[C@@H](C)C1CCC2C3CC(=O)C4=CC(=O)CC[C@]4(C)C3CC[C@@]21C. The summed E-state index contributed by atoms with van der Waals surface area (Å²) in [7, 11) is 0. The number of carbonyl (C=O) groups excluding carboxylic acids is 3.